The molecule has 4 nitrogen and oxygen atoms in total. The van der Waals surface area contributed by atoms with Crippen LogP contribution in [0.5, 0.6) is 0 Å². The first-order chi connectivity index (χ1) is 9.20. The molecule has 2 atom stereocenters. The zero-order valence-electron chi connectivity index (χ0n) is 11.4. The van der Waals surface area contributed by atoms with Crippen molar-refractivity contribution in [2.75, 3.05) is 12.4 Å². The molecule has 0 heterocycles. The predicted molar refractivity (Wildman–Crippen MR) is 75.7 cm³/mol. The quantitative estimate of drug-likeness (QED) is 0.875. The zero-order chi connectivity index (χ0) is 13.7. The number of hydrogen-bond acceptors (Lipinski definition) is 3. The van der Waals surface area contributed by atoms with E-state index in [9.17, 15) is 4.79 Å². The van der Waals surface area contributed by atoms with E-state index in [0.717, 1.165) is 36.9 Å². The maximum absolute atomic E-state index is 12.2. The van der Waals surface area contributed by atoms with Crippen molar-refractivity contribution in [1.82, 2.24) is 0 Å². The summed E-state index contributed by atoms with van der Waals surface area (Å²) >= 11 is 0. The van der Waals surface area contributed by atoms with Crippen LogP contribution in [0.4, 0.5) is 5.69 Å². The third-order valence-corrected chi connectivity index (χ3v) is 3.66. The highest BCUT2D eigenvalue weighted by Gasteiger charge is 2.28. The Hall–Kier alpha value is -1.39. The molecule has 2 rings (SSSR count). The van der Waals surface area contributed by atoms with Crippen LogP contribution < -0.4 is 11.1 Å². The van der Waals surface area contributed by atoms with Crippen molar-refractivity contribution >= 4 is 11.6 Å². The number of ether oxygens (including phenoxy) is 1. The molecular weight excluding hydrogens is 240 g/mol. The van der Waals surface area contributed by atoms with Gasteiger partial charge in [-0.3, -0.25) is 4.79 Å². The van der Waals surface area contributed by atoms with E-state index >= 15 is 0 Å². The number of carbonyl (C=O) groups excluding carboxylic acids is 1. The fourth-order valence-electron chi connectivity index (χ4n) is 2.63. The number of benzene rings is 1. The van der Waals surface area contributed by atoms with Crippen LogP contribution >= 0.6 is 0 Å². The maximum atomic E-state index is 12.2. The Morgan fingerprint density at radius 3 is 2.95 bits per heavy atom. The molecular formula is C15H22N2O2. The van der Waals surface area contributed by atoms with E-state index in [1.54, 1.807) is 7.11 Å². The molecule has 1 amide bonds. The first kappa shape index (κ1) is 14.0. The number of nitrogens with one attached hydrogen (secondary N) is 1. The van der Waals surface area contributed by atoms with E-state index in [-0.39, 0.29) is 17.9 Å². The van der Waals surface area contributed by atoms with E-state index < -0.39 is 0 Å². The molecule has 1 aliphatic rings. The lowest BCUT2D eigenvalue weighted by Gasteiger charge is -2.27. The largest absolute Gasteiger partial charge is 0.380 e. The molecule has 1 aromatic rings. The van der Waals surface area contributed by atoms with Gasteiger partial charge in [0.05, 0.1) is 12.5 Å². The Morgan fingerprint density at radius 2 is 2.21 bits per heavy atom. The second kappa shape index (κ2) is 6.68. The molecule has 1 aromatic carbocycles. The molecule has 0 aromatic heterocycles. The van der Waals surface area contributed by atoms with E-state index in [4.69, 9.17) is 10.5 Å². The van der Waals surface area contributed by atoms with E-state index in [1.165, 1.54) is 0 Å². The summed E-state index contributed by atoms with van der Waals surface area (Å²) in [5.74, 6) is -0.0124. The Balaban J connectivity index is 1.99. The second-order valence-corrected chi connectivity index (χ2v) is 5.18. The number of carbonyl (C=O) groups is 1. The van der Waals surface area contributed by atoms with E-state index in [0.29, 0.717) is 6.61 Å². The normalized spacial score (nSPS) is 23.1. The summed E-state index contributed by atoms with van der Waals surface area (Å²) in [5, 5.41) is 2.97. The Kier molecular flexibility index (Phi) is 4.93. The number of methoxy groups -OCH3 is 1. The van der Waals surface area contributed by atoms with Gasteiger partial charge in [-0.15, -0.1) is 0 Å². The Labute approximate surface area is 114 Å². The molecule has 1 aliphatic carbocycles. The second-order valence-electron chi connectivity index (χ2n) is 5.18. The third-order valence-electron chi connectivity index (χ3n) is 3.66. The average molecular weight is 262 g/mol. The summed E-state index contributed by atoms with van der Waals surface area (Å²) in [6, 6.07) is 7.73. The van der Waals surface area contributed by atoms with Crippen LogP contribution in [-0.2, 0) is 16.1 Å². The summed E-state index contributed by atoms with van der Waals surface area (Å²) in [7, 11) is 1.66. The van der Waals surface area contributed by atoms with Crippen molar-refractivity contribution in [3.05, 3.63) is 29.8 Å². The van der Waals surface area contributed by atoms with Crippen LogP contribution in [-0.4, -0.2) is 19.1 Å². The van der Waals surface area contributed by atoms with Gasteiger partial charge in [-0.2, -0.15) is 0 Å². The molecule has 4 heteroatoms. The minimum Gasteiger partial charge on any atom is -0.380 e. The minimum absolute atomic E-state index is 0.00379. The Morgan fingerprint density at radius 1 is 1.42 bits per heavy atom. The first-order valence-electron chi connectivity index (χ1n) is 6.85. The monoisotopic (exact) mass is 262 g/mol. The lowest BCUT2D eigenvalue weighted by Crippen LogP contribution is -2.40. The molecule has 19 heavy (non-hydrogen) atoms. The standard InChI is InChI=1S/C15H22N2O2/c1-19-10-11-5-4-6-12(9-11)17-15(18)13-7-2-3-8-14(13)16/h4-6,9,13-14H,2-3,7-8,10,16H2,1H3,(H,17,18). The van der Waals surface area contributed by atoms with Crippen molar-refractivity contribution < 1.29 is 9.53 Å². The average Bonchev–Trinajstić information content (AvgIpc) is 2.40. The fraction of sp³-hybridized carbons (Fsp3) is 0.533. The highest BCUT2D eigenvalue weighted by atomic mass is 16.5. The summed E-state index contributed by atoms with van der Waals surface area (Å²) in [6.45, 7) is 0.548. The van der Waals surface area contributed by atoms with Gasteiger partial charge in [-0.05, 0) is 30.5 Å². The summed E-state index contributed by atoms with van der Waals surface area (Å²) in [5.41, 5.74) is 7.90. The predicted octanol–water partition coefficient (Wildman–Crippen LogP) is 2.29. The van der Waals surface area contributed by atoms with Crippen molar-refractivity contribution in [2.45, 2.75) is 38.3 Å². The van der Waals surface area contributed by atoms with Gasteiger partial charge in [0.2, 0.25) is 5.91 Å². The van der Waals surface area contributed by atoms with Crippen LogP contribution in [0.15, 0.2) is 24.3 Å². The number of hydrogen-bond donors (Lipinski definition) is 2. The number of amides is 1. The fourth-order valence-corrected chi connectivity index (χ4v) is 2.63. The highest BCUT2D eigenvalue weighted by molar-refractivity contribution is 5.93. The van der Waals surface area contributed by atoms with Crippen molar-refractivity contribution in [1.29, 1.82) is 0 Å². The van der Waals surface area contributed by atoms with Gasteiger partial charge >= 0.3 is 0 Å². The first-order valence-corrected chi connectivity index (χ1v) is 6.85. The summed E-state index contributed by atoms with van der Waals surface area (Å²) in [4.78, 5) is 12.2. The van der Waals surface area contributed by atoms with Crippen LogP contribution in [0.25, 0.3) is 0 Å². The summed E-state index contributed by atoms with van der Waals surface area (Å²) < 4.78 is 5.09. The van der Waals surface area contributed by atoms with Gasteiger partial charge in [0.15, 0.2) is 0 Å². The zero-order valence-corrected chi connectivity index (χ0v) is 11.4. The molecule has 0 spiro atoms. The topological polar surface area (TPSA) is 64.3 Å². The number of anilines is 1. The minimum atomic E-state index is -0.0557. The van der Waals surface area contributed by atoms with Gasteiger partial charge in [-0.1, -0.05) is 25.0 Å². The molecule has 104 valence electrons. The summed E-state index contributed by atoms with van der Waals surface area (Å²) in [6.07, 6.45) is 4.07. The van der Waals surface area contributed by atoms with Crippen LogP contribution in [0.3, 0.4) is 0 Å². The molecule has 0 saturated heterocycles. The number of nitrogens with two attached hydrogens (primary N) is 1. The van der Waals surface area contributed by atoms with Gasteiger partial charge in [0.1, 0.15) is 0 Å². The lowest BCUT2D eigenvalue weighted by atomic mass is 9.84. The van der Waals surface area contributed by atoms with Gasteiger partial charge in [0, 0.05) is 18.8 Å². The lowest BCUT2D eigenvalue weighted by molar-refractivity contribution is -0.121. The smallest absolute Gasteiger partial charge is 0.229 e. The van der Waals surface area contributed by atoms with E-state index in [2.05, 4.69) is 5.32 Å². The molecule has 1 saturated carbocycles. The van der Waals surface area contributed by atoms with Crippen LogP contribution in [0.1, 0.15) is 31.2 Å². The van der Waals surface area contributed by atoms with E-state index in [1.807, 2.05) is 24.3 Å². The molecule has 3 N–H and O–H groups in total. The SMILES string of the molecule is COCc1cccc(NC(=O)C2CCCCC2N)c1. The molecule has 2 unspecified atom stereocenters. The van der Waals surface area contributed by atoms with Gasteiger partial charge < -0.3 is 15.8 Å². The van der Waals surface area contributed by atoms with Crippen molar-refractivity contribution in [2.24, 2.45) is 11.7 Å². The maximum Gasteiger partial charge on any atom is 0.229 e. The molecule has 0 bridgehead atoms. The Bertz CT molecular complexity index is 434. The molecule has 0 aliphatic heterocycles. The van der Waals surface area contributed by atoms with Crippen LogP contribution in [0, 0.1) is 5.92 Å². The third kappa shape index (κ3) is 3.78. The van der Waals surface area contributed by atoms with Gasteiger partial charge in [0.25, 0.3) is 0 Å². The van der Waals surface area contributed by atoms with Crippen molar-refractivity contribution in [3.8, 4) is 0 Å². The van der Waals surface area contributed by atoms with Crippen molar-refractivity contribution in [3.63, 3.8) is 0 Å². The molecule has 0 radical (unpaired) electrons. The molecule has 1 fully saturated rings. The number of rotatable bonds is 4. The highest BCUT2D eigenvalue weighted by Crippen LogP contribution is 2.24. The van der Waals surface area contributed by atoms with Gasteiger partial charge in [-0.25, -0.2) is 0 Å². The van der Waals surface area contributed by atoms with Crippen LogP contribution in [0.2, 0.25) is 0 Å².